The molecule has 19 heavy (non-hydrogen) atoms. The van der Waals surface area contributed by atoms with Gasteiger partial charge in [0.25, 0.3) is 0 Å². The van der Waals surface area contributed by atoms with Crippen LogP contribution in [0.4, 0.5) is 4.79 Å². The number of pyridine rings is 1. The molecule has 0 radical (unpaired) electrons. The quantitative estimate of drug-likeness (QED) is 0.819. The molecule has 1 amide bonds. The minimum atomic E-state index is -0.507. The Kier molecular flexibility index (Phi) is 5.39. The third kappa shape index (κ3) is 5.22. The summed E-state index contributed by atoms with van der Waals surface area (Å²) in [6.07, 6.45) is -0.452. The average molecular weight is 378 g/mol. The number of aromatic nitrogens is 1. The predicted molar refractivity (Wildman–Crippen MR) is 81.4 cm³/mol. The number of rotatable bonds is 3. The summed E-state index contributed by atoms with van der Waals surface area (Å²) in [5.41, 5.74) is 2.25. The van der Waals surface area contributed by atoms with Gasteiger partial charge >= 0.3 is 6.09 Å². The van der Waals surface area contributed by atoms with Gasteiger partial charge in [-0.05, 0) is 46.2 Å². The molecule has 1 N–H and O–H groups in total. The van der Waals surface area contributed by atoms with E-state index in [1.165, 1.54) is 0 Å². The van der Waals surface area contributed by atoms with Crippen molar-refractivity contribution in [2.75, 3.05) is 0 Å². The number of nitrogens with one attached hydrogen (secondary N) is 1. The lowest BCUT2D eigenvalue weighted by atomic mass is 10.1. The molecule has 0 aromatic carbocycles. The fraction of sp³-hybridized carbons (Fsp3) is 0.538. The molecule has 0 saturated carbocycles. The van der Waals surface area contributed by atoms with Gasteiger partial charge in [-0.1, -0.05) is 0 Å². The van der Waals surface area contributed by atoms with Gasteiger partial charge in [-0.25, -0.2) is 9.78 Å². The summed E-state index contributed by atoms with van der Waals surface area (Å²) in [7, 11) is 0. The van der Waals surface area contributed by atoms with Gasteiger partial charge in [0.15, 0.2) is 23.0 Å². The van der Waals surface area contributed by atoms with Gasteiger partial charge in [0, 0.05) is 11.3 Å². The van der Waals surface area contributed by atoms with Crippen molar-refractivity contribution in [1.29, 1.82) is 0 Å². The van der Waals surface area contributed by atoms with E-state index in [1.54, 1.807) is 23.0 Å². The first-order valence-corrected chi connectivity index (χ1v) is 6.83. The Morgan fingerprint density at radius 1 is 1.42 bits per heavy atom. The van der Waals surface area contributed by atoms with Crippen LogP contribution in [0.15, 0.2) is 6.07 Å². The maximum atomic E-state index is 11.6. The number of hydrogen-bond acceptors (Lipinski definition) is 4. The van der Waals surface area contributed by atoms with Crippen molar-refractivity contribution < 1.29 is 12.6 Å². The van der Waals surface area contributed by atoms with Crippen molar-refractivity contribution in [3.63, 3.8) is 0 Å². The van der Waals surface area contributed by atoms with Crippen LogP contribution < -0.4 is 8.38 Å². The van der Waals surface area contributed by atoms with E-state index in [-0.39, 0.29) is 0 Å². The first kappa shape index (κ1) is 16.0. The van der Waals surface area contributed by atoms with Crippen LogP contribution in [-0.4, -0.2) is 16.7 Å². The van der Waals surface area contributed by atoms with E-state index in [1.807, 2.05) is 40.7 Å². The van der Waals surface area contributed by atoms with E-state index in [0.717, 1.165) is 16.8 Å². The predicted octanol–water partition coefficient (Wildman–Crippen LogP) is 3.45. The van der Waals surface area contributed by atoms with Crippen LogP contribution in [-0.2, 0) is 11.3 Å². The molecule has 0 spiro atoms. The van der Waals surface area contributed by atoms with Gasteiger partial charge in [0.05, 0.1) is 6.54 Å². The fourth-order valence-electron chi connectivity index (χ4n) is 1.58. The summed E-state index contributed by atoms with van der Waals surface area (Å²) in [5.74, 6) is 0.522. The molecule has 0 aliphatic rings. The zero-order chi connectivity index (χ0) is 14.6. The monoisotopic (exact) mass is 378 g/mol. The van der Waals surface area contributed by atoms with E-state index in [2.05, 4.69) is 10.3 Å². The summed E-state index contributed by atoms with van der Waals surface area (Å²) in [6.45, 7) is 9.66. The summed E-state index contributed by atoms with van der Waals surface area (Å²) in [4.78, 5) is 15.9. The molecular weight excluding hydrogens is 359 g/mol. The first-order valence-electron chi connectivity index (χ1n) is 5.95. The van der Waals surface area contributed by atoms with Crippen LogP contribution in [0.25, 0.3) is 0 Å². The van der Waals surface area contributed by atoms with Gasteiger partial charge in [-0.3, -0.25) is 0 Å². The lowest BCUT2D eigenvalue weighted by Crippen LogP contribution is -2.32. The van der Waals surface area contributed by atoms with Gasteiger partial charge in [0.2, 0.25) is 5.88 Å². The molecule has 0 saturated heterocycles. The summed E-state index contributed by atoms with van der Waals surface area (Å²) >= 11 is 1.78. The van der Waals surface area contributed by atoms with E-state index >= 15 is 0 Å². The Bertz CT molecular complexity index is 470. The highest BCUT2D eigenvalue weighted by Crippen LogP contribution is 2.22. The van der Waals surface area contributed by atoms with Crippen molar-refractivity contribution in [3.8, 4) is 5.88 Å². The molecule has 1 heterocycles. The Morgan fingerprint density at radius 3 is 2.58 bits per heavy atom. The normalized spacial score (nSPS) is 11.1. The first-order chi connectivity index (χ1) is 8.73. The topological polar surface area (TPSA) is 60.5 Å². The number of hydrogen-bond donors (Lipinski definition) is 1. The summed E-state index contributed by atoms with van der Waals surface area (Å²) in [6, 6.07) is 1.95. The van der Waals surface area contributed by atoms with Gasteiger partial charge in [0.1, 0.15) is 5.60 Å². The standard InChI is InChI=1S/C13H19IN2O3/c1-8-6-9(2)16-11(19-14)10(8)7-15-12(17)18-13(3,4)5/h6H,7H2,1-5H3,(H,15,17). The molecule has 1 aromatic heterocycles. The molecule has 5 nitrogen and oxygen atoms in total. The molecule has 6 heteroatoms. The van der Waals surface area contributed by atoms with E-state index in [0.29, 0.717) is 12.4 Å². The van der Waals surface area contributed by atoms with Crippen molar-refractivity contribution in [1.82, 2.24) is 10.3 Å². The molecule has 0 fully saturated rings. The van der Waals surface area contributed by atoms with Crippen molar-refractivity contribution in [2.24, 2.45) is 0 Å². The Labute approximate surface area is 127 Å². The molecule has 106 valence electrons. The average Bonchev–Trinajstić information content (AvgIpc) is 2.24. The Hall–Kier alpha value is -1.05. The number of carbonyl (C=O) groups is 1. The largest absolute Gasteiger partial charge is 0.444 e. The minimum Gasteiger partial charge on any atom is -0.444 e. The number of halogens is 1. The number of carbonyl (C=O) groups excluding carboxylic acids is 1. The Morgan fingerprint density at radius 2 is 2.05 bits per heavy atom. The third-order valence-electron chi connectivity index (χ3n) is 2.32. The van der Waals surface area contributed by atoms with Crippen molar-refractivity contribution in [2.45, 2.75) is 46.8 Å². The van der Waals surface area contributed by atoms with Crippen LogP contribution >= 0.6 is 23.0 Å². The van der Waals surface area contributed by atoms with E-state index < -0.39 is 11.7 Å². The fourth-order valence-corrected chi connectivity index (χ4v) is 1.95. The van der Waals surface area contributed by atoms with Crippen LogP contribution in [0, 0.1) is 13.8 Å². The lowest BCUT2D eigenvalue weighted by Gasteiger charge is -2.20. The van der Waals surface area contributed by atoms with Crippen LogP contribution in [0.2, 0.25) is 0 Å². The third-order valence-corrected chi connectivity index (χ3v) is 2.74. The van der Waals surface area contributed by atoms with Crippen LogP contribution in [0.1, 0.15) is 37.6 Å². The molecule has 0 unspecified atom stereocenters. The maximum Gasteiger partial charge on any atom is 0.407 e. The SMILES string of the molecule is Cc1cc(C)c(CNC(=O)OC(C)(C)C)c(OI)n1. The van der Waals surface area contributed by atoms with Crippen LogP contribution in [0.3, 0.4) is 0 Å². The highest BCUT2D eigenvalue weighted by atomic mass is 127. The van der Waals surface area contributed by atoms with Crippen molar-refractivity contribution >= 4 is 29.1 Å². The maximum absolute atomic E-state index is 11.6. The van der Waals surface area contributed by atoms with E-state index in [9.17, 15) is 4.79 Å². The second kappa shape index (κ2) is 6.40. The zero-order valence-corrected chi connectivity index (χ0v) is 14.0. The molecular formula is C13H19IN2O3. The lowest BCUT2D eigenvalue weighted by molar-refractivity contribution is 0.0523. The minimum absolute atomic E-state index is 0.326. The molecule has 1 rings (SSSR count). The molecule has 1 aromatic rings. The second-order valence-electron chi connectivity index (χ2n) is 5.30. The number of ether oxygens (including phenoxy) is 1. The molecule has 0 atom stereocenters. The van der Waals surface area contributed by atoms with Gasteiger partial charge < -0.3 is 13.1 Å². The zero-order valence-electron chi connectivity index (χ0n) is 11.8. The van der Waals surface area contributed by atoms with Crippen LogP contribution in [0.5, 0.6) is 5.88 Å². The van der Waals surface area contributed by atoms with Crippen molar-refractivity contribution in [3.05, 3.63) is 22.9 Å². The van der Waals surface area contributed by atoms with E-state index in [4.69, 9.17) is 7.80 Å². The smallest absolute Gasteiger partial charge is 0.407 e. The number of alkyl carbamates (subject to hydrolysis) is 1. The molecule has 0 bridgehead atoms. The number of amides is 1. The highest BCUT2D eigenvalue weighted by Gasteiger charge is 2.17. The summed E-state index contributed by atoms with van der Waals surface area (Å²) < 4.78 is 10.4. The second-order valence-corrected chi connectivity index (χ2v) is 5.74. The highest BCUT2D eigenvalue weighted by molar-refractivity contribution is 14.1. The number of aryl methyl sites for hydroxylation is 2. The molecule has 0 aliphatic carbocycles. The van der Waals surface area contributed by atoms with Gasteiger partial charge in [-0.15, -0.1) is 0 Å². The number of nitrogens with zero attached hydrogens (tertiary/aromatic N) is 1. The Balaban J connectivity index is 2.75. The molecule has 0 aliphatic heterocycles. The van der Waals surface area contributed by atoms with Gasteiger partial charge in [-0.2, -0.15) is 0 Å². The summed E-state index contributed by atoms with van der Waals surface area (Å²) in [5, 5.41) is 2.71.